The quantitative estimate of drug-likeness (QED) is 0.857. The van der Waals surface area contributed by atoms with Crippen LogP contribution >= 0.6 is 0 Å². The number of rotatable bonds is 3. The summed E-state index contributed by atoms with van der Waals surface area (Å²) in [7, 11) is 0. The molecule has 2 aromatic carbocycles. The number of carbonyl (C=O) groups is 1. The number of hydrogen-bond donors (Lipinski definition) is 1. The molecule has 2 N–H and O–H groups in total. The van der Waals surface area contributed by atoms with Crippen molar-refractivity contribution in [2.45, 2.75) is 6.18 Å². The maximum absolute atomic E-state index is 13.1. The highest BCUT2D eigenvalue weighted by Crippen LogP contribution is 2.38. The van der Waals surface area contributed by atoms with Crippen molar-refractivity contribution >= 4 is 12.0 Å². The van der Waals surface area contributed by atoms with Gasteiger partial charge in [0.05, 0.1) is 5.56 Å². The summed E-state index contributed by atoms with van der Waals surface area (Å²) in [6.45, 7) is 0. The Bertz CT molecular complexity index is 690. The van der Waals surface area contributed by atoms with Crippen LogP contribution in [0.1, 0.15) is 11.1 Å². The van der Waals surface area contributed by atoms with Crippen molar-refractivity contribution in [2.75, 3.05) is 0 Å². The Morgan fingerprint density at radius 1 is 0.952 bits per heavy atom. The molecule has 108 valence electrons. The molecule has 5 heteroatoms. The van der Waals surface area contributed by atoms with E-state index in [1.165, 1.54) is 18.2 Å². The molecule has 0 unspecified atom stereocenters. The first kappa shape index (κ1) is 14.8. The zero-order chi connectivity index (χ0) is 15.5. The van der Waals surface area contributed by atoms with E-state index in [0.29, 0.717) is 11.1 Å². The summed E-state index contributed by atoms with van der Waals surface area (Å²) in [6, 6.07) is 11.8. The highest BCUT2D eigenvalue weighted by molar-refractivity contribution is 5.92. The lowest BCUT2D eigenvalue weighted by Crippen LogP contribution is -2.07. The predicted molar refractivity (Wildman–Crippen MR) is 75.1 cm³/mol. The van der Waals surface area contributed by atoms with Crippen molar-refractivity contribution in [2.24, 2.45) is 5.73 Å². The van der Waals surface area contributed by atoms with E-state index >= 15 is 0 Å². The van der Waals surface area contributed by atoms with Gasteiger partial charge in [-0.2, -0.15) is 13.2 Å². The van der Waals surface area contributed by atoms with Crippen LogP contribution in [-0.4, -0.2) is 5.91 Å². The molecule has 0 aliphatic carbocycles. The Balaban J connectivity index is 2.61. The van der Waals surface area contributed by atoms with Gasteiger partial charge in [0.15, 0.2) is 0 Å². The van der Waals surface area contributed by atoms with Crippen LogP contribution in [0.25, 0.3) is 17.2 Å². The molecule has 21 heavy (non-hydrogen) atoms. The van der Waals surface area contributed by atoms with Crippen LogP contribution < -0.4 is 5.73 Å². The van der Waals surface area contributed by atoms with E-state index in [0.717, 1.165) is 12.1 Å². The largest absolute Gasteiger partial charge is 0.417 e. The van der Waals surface area contributed by atoms with Gasteiger partial charge in [-0.05, 0) is 28.8 Å². The number of carbonyl (C=O) groups excluding carboxylic acids is 1. The lowest BCUT2D eigenvalue weighted by atomic mass is 9.95. The zero-order valence-corrected chi connectivity index (χ0v) is 10.9. The molecule has 0 aromatic heterocycles. The number of amides is 1. The third-order valence-corrected chi connectivity index (χ3v) is 2.91. The Morgan fingerprint density at radius 2 is 1.52 bits per heavy atom. The summed E-state index contributed by atoms with van der Waals surface area (Å²) in [6.07, 6.45) is -1.92. The van der Waals surface area contributed by atoms with Gasteiger partial charge in [-0.15, -0.1) is 0 Å². The van der Waals surface area contributed by atoms with E-state index in [1.54, 1.807) is 30.3 Å². The molecule has 0 aliphatic rings. The molecule has 2 nitrogen and oxygen atoms in total. The van der Waals surface area contributed by atoms with Gasteiger partial charge in [0, 0.05) is 6.08 Å². The average molecular weight is 291 g/mol. The van der Waals surface area contributed by atoms with Crippen LogP contribution in [0.4, 0.5) is 13.2 Å². The van der Waals surface area contributed by atoms with Gasteiger partial charge in [-0.25, -0.2) is 0 Å². The standard InChI is InChI=1S/C16H12F3NO/c17-16(18,19)14-8-4-3-7-13(14)12-6-2-1-5-11(12)9-10-15(20)21/h1-10H,(H2,20,21)/b10-9+. The molecule has 0 atom stereocenters. The maximum atomic E-state index is 13.1. The lowest BCUT2D eigenvalue weighted by Gasteiger charge is -2.14. The van der Waals surface area contributed by atoms with E-state index in [2.05, 4.69) is 0 Å². The van der Waals surface area contributed by atoms with Crippen LogP contribution in [0, 0.1) is 0 Å². The van der Waals surface area contributed by atoms with Gasteiger partial charge in [-0.1, -0.05) is 42.5 Å². The molecule has 1 amide bonds. The molecule has 0 saturated heterocycles. The number of halogens is 3. The summed E-state index contributed by atoms with van der Waals surface area (Å²) in [5, 5.41) is 0. The fourth-order valence-corrected chi connectivity index (χ4v) is 2.02. The molecule has 2 rings (SSSR count). The van der Waals surface area contributed by atoms with E-state index in [4.69, 9.17) is 5.73 Å². The van der Waals surface area contributed by atoms with E-state index in [1.807, 2.05) is 0 Å². The highest BCUT2D eigenvalue weighted by Gasteiger charge is 2.33. The van der Waals surface area contributed by atoms with Crippen molar-refractivity contribution < 1.29 is 18.0 Å². The van der Waals surface area contributed by atoms with Gasteiger partial charge >= 0.3 is 6.18 Å². The van der Waals surface area contributed by atoms with Crippen molar-refractivity contribution in [3.8, 4) is 11.1 Å². The monoisotopic (exact) mass is 291 g/mol. The summed E-state index contributed by atoms with van der Waals surface area (Å²) in [4.78, 5) is 10.8. The summed E-state index contributed by atoms with van der Waals surface area (Å²) >= 11 is 0. The van der Waals surface area contributed by atoms with Crippen molar-refractivity contribution in [1.82, 2.24) is 0 Å². The Kier molecular flexibility index (Phi) is 4.12. The minimum Gasteiger partial charge on any atom is -0.366 e. The SMILES string of the molecule is NC(=O)/C=C/c1ccccc1-c1ccccc1C(F)(F)F. The first-order chi connectivity index (χ1) is 9.89. The van der Waals surface area contributed by atoms with Gasteiger partial charge in [0.2, 0.25) is 5.91 Å². The van der Waals surface area contributed by atoms with Crippen molar-refractivity contribution in [1.29, 1.82) is 0 Å². The number of primary amides is 1. The lowest BCUT2D eigenvalue weighted by molar-refractivity contribution is -0.137. The van der Waals surface area contributed by atoms with E-state index in [9.17, 15) is 18.0 Å². The normalized spacial score (nSPS) is 11.8. The molecule has 0 fully saturated rings. The Hall–Kier alpha value is -2.56. The zero-order valence-electron chi connectivity index (χ0n) is 10.9. The molecule has 0 heterocycles. The molecule has 0 saturated carbocycles. The number of nitrogens with two attached hydrogens (primary N) is 1. The first-order valence-electron chi connectivity index (χ1n) is 6.13. The Morgan fingerprint density at radius 3 is 2.14 bits per heavy atom. The minimum atomic E-state index is -4.45. The maximum Gasteiger partial charge on any atom is 0.417 e. The van der Waals surface area contributed by atoms with Gasteiger partial charge in [0.1, 0.15) is 0 Å². The molecule has 2 aromatic rings. The predicted octanol–water partition coefficient (Wildman–Crippen LogP) is 3.87. The summed E-state index contributed by atoms with van der Waals surface area (Å²) < 4.78 is 39.3. The molecular weight excluding hydrogens is 279 g/mol. The Labute approximate surface area is 119 Å². The third kappa shape index (κ3) is 3.51. The smallest absolute Gasteiger partial charge is 0.366 e. The molecular formula is C16H12F3NO. The van der Waals surface area contributed by atoms with Crippen LogP contribution in [0.5, 0.6) is 0 Å². The minimum absolute atomic E-state index is 0.0646. The second-order valence-corrected chi connectivity index (χ2v) is 4.37. The second kappa shape index (κ2) is 5.83. The number of hydrogen-bond acceptors (Lipinski definition) is 1. The van der Waals surface area contributed by atoms with Gasteiger partial charge in [-0.3, -0.25) is 4.79 Å². The fraction of sp³-hybridized carbons (Fsp3) is 0.0625. The second-order valence-electron chi connectivity index (χ2n) is 4.37. The topological polar surface area (TPSA) is 43.1 Å². The highest BCUT2D eigenvalue weighted by atomic mass is 19.4. The molecule has 0 aliphatic heterocycles. The van der Waals surface area contributed by atoms with Crippen LogP contribution in [0.2, 0.25) is 0 Å². The van der Waals surface area contributed by atoms with Gasteiger partial charge < -0.3 is 5.73 Å². The van der Waals surface area contributed by atoms with Crippen molar-refractivity contribution in [3.05, 3.63) is 65.7 Å². The average Bonchev–Trinajstić information content (AvgIpc) is 2.44. The first-order valence-corrected chi connectivity index (χ1v) is 6.13. The van der Waals surface area contributed by atoms with Gasteiger partial charge in [0.25, 0.3) is 0 Å². The summed E-state index contributed by atoms with van der Waals surface area (Å²) in [5.41, 5.74) is 5.25. The molecule has 0 radical (unpaired) electrons. The fourth-order valence-electron chi connectivity index (χ4n) is 2.02. The van der Waals surface area contributed by atoms with Crippen LogP contribution in [0.15, 0.2) is 54.6 Å². The third-order valence-electron chi connectivity index (χ3n) is 2.91. The van der Waals surface area contributed by atoms with E-state index in [-0.39, 0.29) is 5.56 Å². The number of benzene rings is 2. The number of alkyl halides is 3. The molecule has 0 spiro atoms. The van der Waals surface area contributed by atoms with Crippen molar-refractivity contribution in [3.63, 3.8) is 0 Å². The summed E-state index contributed by atoms with van der Waals surface area (Å²) in [5.74, 6) is -0.658. The van der Waals surface area contributed by atoms with Crippen LogP contribution in [-0.2, 0) is 11.0 Å². The van der Waals surface area contributed by atoms with E-state index < -0.39 is 17.6 Å². The van der Waals surface area contributed by atoms with Crippen LogP contribution in [0.3, 0.4) is 0 Å². The molecule has 0 bridgehead atoms.